The highest BCUT2D eigenvalue weighted by atomic mass is 32.2. The van der Waals surface area contributed by atoms with E-state index in [4.69, 9.17) is 4.74 Å². The van der Waals surface area contributed by atoms with Gasteiger partial charge in [0.2, 0.25) is 5.91 Å². The van der Waals surface area contributed by atoms with Gasteiger partial charge in [-0.2, -0.15) is 13.2 Å². The zero-order valence-electron chi connectivity index (χ0n) is 16.1. The minimum Gasteiger partial charge on any atom is -0.444 e. The SMILES string of the molecule is CC(C)(C)OC(=O)N1CCC(C(=O)Nc2ccccc2SCC(F)(F)F)CC1. The van der Waals surface area contributed by atoms with Crippen molar-refractivity contribution in [2.24, 2.45) is 5.92 Å². The Morgan fingerprint density at radius 2 is 1.79 bits per heavy atom. The molecule has 1 heterocycles. The predicted molar refractivity (Wildman–Crippen MR) is 102 cm³/mol. The Morgan fingerprint density at radius 3 is 2.36 bits per heavy atom. The molecule has 0 spiro atoms. The lowest BCUT2D eigenvalue weighted by molar-refractivity contribution is -0.121. The van der Waals surface area contributed by atoms with Crippen LogP contribution in [-0.2, 0) is 9.53 Å². The molecule has 2 rings (SSSR count). The molecule has 156 valence electrons. The molecule has 1 aliphatic rings. The number of para-hydroxylation sites is 1. The molecular weight excluding hydrogens is 393 g/mol. The van der Waals surface area contributed by atoms with Gasteiger partial charge in [0.05, 0.1) is 11.4 Å². The molecule has 28 heavy (non-hydrogen) atoms. The van der Waals surface area contributed by atoms with E-state index >= 15 is 0 Å². The molecule has 1 aromatic carbocycles. The van der Waals surface area contributed by atoms with Gasteiger partial charge in [-0.05, 0) is 45.7 Å². The quantitative estimate of drug-likeness (QED) is 0.705. The van der Waals surface area contributed by atoms with Crippen LogP contribution in [-0.4, -0.2) is 47.5 Å². The minimum atomic E-state index is -4.28. The van der Waals surface area contributed by atoms with E-state index in [2.05, 4.69) is 5.32 Å². The summed E-state index contributed by atoms with van der Waals surface area (Å²) < 4.78 is 42.8. The highest BCUT2D eigenvalue weighted by Crippen LogP contribution is 2.32. The summed E-state index contributed by atoms with van der Waals surface area (Å²) in [7, 11) is 0. The lowest BCUT2D eigenvalue weighted by Crippen LogP contribution is -2.43. The van der Waals surface area contributed by atoms with Gasteiger partial charge in [-0.3, -0.25) is 4.79 Å². The summed E-state index contributed by atoms with van der Waals surface area (Å²) in [6, 6.07) is 6.44. The fourth-order valence-electron chi connectivity index (χ4n) is 2.74. The number of alkyl halides is 3. The maximum atomic E-state index is 12.5. The molecule has 9 heteroatoms. The van der Waals surface area contributed by atoms with Gasteiger partial charge in [0.1, 0.15) is 5.60 Å². The normalized spacial score (nSPS) is 16.0. The van der Waals surface area contributed by atoms with Crippen LogP contribution >= 0.6 is 11.8 Å². The number of amides is 2. The minimum absolute atomic E-state index is 0.246. The van der Waals surface area contributed by atoms with E-state index in [-0.39, 0.29) is 11.8 Å². The van der Waals surface area contributed by atoms with Crippen molar-refractivity contribution in [3.05, 3.63) is 24.3 Å². The first-order valence-corrected chi connectivity index (χ1v) is 10.0. The number of nitrogens with one attached hydrogen (secondary N) is 1. The van der Waals surface area contributed by atoms with Crippen LogP contribution in [0.3, 0.4) is 0 Å². The molecule has 1 aromatic rings. The van der Waals surface area contributed by atoms with Crippen LogP contribution in [0.1, 0.15) is 33.6 Å². The van der Waals surface area contributed by atoms with E-state index in [0.29, 0.717) is 48.3 Å². The highest BCUT2D eigenvalue weighted by molar-refractivity contribution is 7.99. The largest absolute Gasteiger partial charge is 0.444 e. The monoisotopic (exact) mass is 418 g/mol. The van der Waals surface area contributed by atoms with Crippen molar-refractivity contribution in [1.82, 2.24) is 4.90 Å². The molecule has 1 fully saturated rings. The van der Waals surface area contributed by atoms with Crippen LogP contribution in [0, 0.1) is 5.92 Å². The van der Waals surface area contributed by atoms with Crippen LogP contribution < -0.4 is 5.32 Å². The van der Waals surface area contributed by atoms with Crippen molar-refractivity contribution >= 4 is 29.4 Å². The van der Waals surface area contributed by atoms with Crippen LogP contribution in [0.15, 0.2) is 29.2 Å². The Labute approximate surface area is 167 Å². The van der Waals surface area contributed by atoms with Crippen molar-refractivity contribution in [1.29, 1.82) is 0 Å². The number of benzene rings is 1. The average molecular weight is 418 g/mol. The molecule has 0 unspecified atom stereocenters. The smallest absolute Gasteiger partial charge is 0.410 e. The highest BCUT2D eigenvalue weighted by Gasteiger charge is 2.31. The summed E-state index contributed by atoms with van der Waals surface area (Å²) >= 11 is 0.643. The van der Waals surface area contributed by atoms with Gasteiger partial charge >= 0.3 is 12.3 Å². The average Bonchev–Trinajstić information content (AvgIpc) is 2.59. The van der Waals surface area contributed by atoms with Gasteiger partial charge in [-0.15, -0.1) is 11.8 Å². The van der Waals surface area contributed by atoms with Gasteiger partial charge in [-0.1, -0.05) is 12.1 Å². The van der Waals surface area contributed by atoms with E-state index in [1.807, 2.05) is 0 Å². The number of likely N-dealkylation sites (tertiary alicyclic amines) is 1. The van der Waals surface area contributed by atoms with Crippen LogP contribution in [0.5, 0.6) is 0 Å². The Hall–Kier alpha value is -1.90. The number of carbonyl (C=O) groups is 2. The van der Waals surface area contributed by atoms with Gasteiger partial charge in [-0.25, -0.2) is 4.79 Å². The molecule has 1 aliphatic heterocycles. The maximum absolute atomic E-state index is 12.5. The van der Waals surface area contributed by atoms with Crippen LogP contribution in [0.2, 0.25) is 0 Å². The van der Waals surface area contributed by atoms with Crippen molar-refractivity contribution in [2.75, 3.05) is 24.2 Å². The van der Waals surface area contributed by atoms with Gasteiger partial charge in [0.15, 0.2) is 0 Å². The van der Waals surface area contributed by atoms with Crippen molar-refractivity contribution in [2.45, 2.75) is 50.3 Å². The second kappa shape index (κ2) is 9.07. The van der Waals surface area contributed by atoms with E-state index in [1.54, 1.807) is 49.9 Å². The summed E-state index contributed by atoms with van der Waals surface area (Å²) in [6.45, 7) is 6.17. The zero-order chi connectivity index (χ0) is 20.9. The lowest BCUT2D eigenvalue weighted by Gasteiger charge is -2.33. The fourth-order valence-corrected chi connectivity index (χ4v) is 3.51. The molecule has 2 amide bonds. The van der Waals surface area contributed by atoms with E-state index in [9.17, 15) is 22.8 Å². The maximum Gasteiger partial charge on any atom is 0.410 e. The molecule has 0 radical (unpaired) electrons. The Bertz CT molecular complexity index is 696. The fraction of sp³-hybridized carbons (Fsp3) is 0.579. The summed E-state index contributed by atoms with van der Waals surface area (Å²) in [4.78, 5) is 26.6. The van der Waals surface area contributed by atoms with Crippen LogP contribution in [0.4, 0.5) is 23.7 Å². The molecule has 1 saturated heterocycles. The number of halogens is 3. The number of hydrogen-bond acceptors (Lipinski definition) is 4. The molecule has 0 saturated carbocycles. The standard InChI is InChI=1S/C19H25F3N2O3S/c1-18(2,3)27-17(26)24-10-8-13(9-11-24)16(25)23-14-6-4-5-7-15(14)28-12-19(20,21)22/h4-7,13H,8-12H2,1-3H3,(H,23,25). The second-order valence-corrected chi connectivity index (χ2v) is 8.65. The number of piperidine rings is 1. The van der Waals surface area contributed by atoms with Gasteiger partial charge < -0.3 is 15.0 Å². The molecule has 0 aromatic heterocycles. The number of carbonyl (C=O) groups excluding carboxylic acids is 2. The number of thioether (sulfide) groups is 1. The second-order valence-electron chi connectivity index (χ2n) is 7.63. The number of anilines is 1. The van der Waals surface area contributed by atoms with Crippen molar-refractivity contribution in [3.8, 4) is 0 Å². The molecule has 0 atom stereocenters. The lowest BCUT2D eigenvalue weighted by atomic mass is 9.96. The van der Waals surface area contributed by atoms with Gasteiger partial charge in [0, 0.05) is 23.9 Å². The molecule has 0 bridgehead atoms. The van der Waals surface area contributed by atoms with Crippen molar-refractivity contribution in [3.63, 3.8) is 0 Å². The van der Waals surface area contributed by atoms with E-state index in [0.717, 1.165) is 0 Å². The summed E-state index contributed by atoms with van der Waals surface area (Å²) in [6.07, 6.45) is -3.73. The van der Waals surface area contributed by atoms with Gasteiger partial charge in [0.25, 0.3) is 0 Å². The van der Waals surface area contributed by atoms with E-state index < -0.39 is 23.6 Å². The Kier molecular flexibility index (Phi) is 7.25. The third-order valence-electron chi connectivity index (χ3n) is 4.05. The number of rotatable bonds is 4. The first-order chi connectivity index (χ1) is 12.9. The van der Waals surface area contributed by atoms with E-state index in [1.165, 1.54) is 0 Å². The first kappa shape index (κ1) is 22.4. The summed E-state index contributed by atoms with van der Waals surface area (Å²) in [5, 5.41) is 2.74. The molecule has 1 N–H and O–H groups in total. The molecular formula is C19H25F3N2O3S. The Morgan fingerprint density at radius 1 is 1.18 bits per heavy atom. The molecule has 5 nitrogen and oxygen atoms in total. The third-order valence-corrected chi connectivity index (χ3v) is 5.19. The summed E-state index contributed by atoms with van der Waals surface area (Å²) in [5.41, 5.74) is -0.209. The first-order valence-electron chi connectivity index (χ1n) is 9.02. The van der Waals surface area contributed by atoms with Crippen molar-refractivity contribution < 1.29 is 27.5 Å². The predicted octanol–water partition coefficient (Wildman–Crippen LogP) is 4.93. The van der Waals surface area contributed by atoms with Crippen LogP contribution in [0.25, 0.3) is 0 Å². The molecule has 0 aliphatic carbocycles. The topological polar surface area (TPSA) is 58.6 Å². The Balaban J connectivity index is 1.90. The number of nitrogens with zero attached hydrogens (tertiary/aromatic N) is 1. The zero-order valence-corrected chi connectivity index (χ0v) is 17.0. The summed E-state index contributed by atoms with van der Waals surface area (Å²) in [5.74, 6) is -1.57. The third kappa shape index (κ3) is 7.26. The number of hydrogen-bond donors (Lipinski definition) is 1. The number of ether oxygens (including phenoxy) is 1.